The highest BCUT2D eigenvalue weighted by Crippen LogP contribution is 2.24. The van der Waals surface area contributed by atoms with Crippen molar-refractivity contribution in [1.29, 1.82) is 0 Å². The molecule has 3 aromatic rings. The Kier molecular flexibility index (Phi) is 9.71. The van der Waals surface area contributed by atoms with E-state index in [1.165, 1.54) is 28.2 Å². The minimum Gasteiger partial charge on any atom is -0.467 e. The van der Waals surface area contributed by atoms with E-state index < -0.39 is 45.4 Å². The van der Waals surface area contributed by atoms with Crippen molar-refractivity contribution in [1.82, 2.24) is 14.7 Å². The first-order valence-corrected chi connectivity index (χ1v) is 12.8. The Bertz CT molecular complexity index is 1340. The zero-order chi connectivity index (χ0) is 29.4. The van der Waals surface area contributed by atoms with Gasteiger partial charge in [-0.2, -0.15) is 0 Å². The molecule has 0 atom stereocenters. The third-order valence-corrected chi connectivity index (χ3v) is 6.54. The van der Waals surface area contributed by atoms with Crippen molar-refractivity contribution in [2.75, 3.05) is 45.9 Å². The topological polar surface area (TPSA) is 153 Å². The molecule has 0 saturated carbocycles. The number of halogens is 1. The maximum Gasteiger partial charge on any atom is 0.277 e. The lowest BCUT2D eigenvalue weighted by atomic mass is 10.1. The minimum absolute atomic E-state index is 0.0665. The largest absolute Gasteiger partial charge is 0.467 e. The lowest BCUT2D eigenvalue weighted by Crippen LogP contribution is -2.47. The first-order chi connectivity index (χ1) is 19.7. The van der Waals surface area contributed by atoms with Crippen LogP contribution in [0.1, 0.15) is 21.7 Å². The zero-order valence-electron chi connectivity index (χ0n) is 22.0. The molecule has 0 spiro atoms. The number of carbonyl (C=O) groups excluding carboxylic acids is 2. The lowest BCUT2D eigenvalue weighted by molar-refractivity contribution is -0.394. The van der Waals surface area contributed by atoms with E-state index in [9.17, 15) is 34.2 Å². The average molecular weight is 570 g/mol. The number of hydrogen-bond donors (Lipinski definition) is 0. The van der Waals surface area contributed by atoms with Gasteiger partial charge < -0.3 is 19.0 Å². The van der Waals surface area contributed by atoms with Crippen LogP contribution in [0.25, 0.3) is 0 Å². The van der Waals surface area contributed by atoms with E-state index in [4.69, 9.17) is 9.15 Å². The molecular weight excluding hydrogens is 541 g/mol. The fraction of sp³-hybridized carbons (Fsp3) is 0.333. The van der Waals surface area contributed by atoms with E-state index in [1.54, 1.807) is 24.3 Å². The first-order valence-electron chi connectivity index (χ1n) is 12.8. The summed E-state index contributed by atoms with van der Waals surface area (Å²) in [6.45, 7) is 2.46. The van der Waals surface area contributed by atoms with Crippen LogP contribution in [-0.4, -0.2) is 82.3 Å². The molecule has 216 valence electrons. The van der Waals surface area contributed by atoms with Crippen LogP contribution in [0.15, 0.2) is 65.3 Å². The molecule has 2 aromatic carbocycles. The van der Waals surface area contributed by atoms with Crippen LogP contribution in [-0.2, 0) is 22.6 Å². The molecule has 13 nitrogen and oxygen atoms in total. The number of morpholine rings is 1. The second-order valence-electron chi connectivity index (χ2n) is 9.39. The van der Waals surface area contributed by atoms with E-state index in [2.05, 4.69) is 0 Å². The number of amides is 2. The number of nitrogens with zero attached hydrogens (tertiary/aromatic N) is 5. The van der Waals surface area contributed by atoms with Crippen LogP contribution in [0.2, 0.25) is 0 Å². The Morgan fingerprint density at radius 3 is 2.17 bits per heavy atom. The number of non-ortho nitro benzene ring substituents is 2. The summed E-state index contributed by atoms with van der Waals surface area (Å²) >= 11 is 0. The second kappa shape index (κ2) is 13.6. The Morgan fingerprint density at radius 2 is 1.59 bits per heavy atom. The molecule has 41 heavy (non-hydrogen) atoms. The van der Waals surface area contributed by atoms with Gasteiger partial charge in [0.2, 0.25) is 5.91 Å². The Morgan fingerprint density at radius 1 is 0.927 bits per heavy atom. The van der Waals surface area contributed by atoms with Crippen LogP contribution in [0.3, 0.4) is 0 Å². The van der Waals surface area contributed by atoms with Crippen LogP contribution in [0, 0.1) is 26.0 Å². The molecule has 2 amide bonds. The van der Waals surface area contributed by atoms with E-state index >= 15 is 0 Å². The monoisotopic (exact) mass is 569 g/mol. The van der Waals surface area contributed by atoms with E-state index in [-0.39, 0.29) is 25.2 Å². The van der Waals surface area contributed by atoms with E-state index in [0.717, 1.165) is 18.2 Å². The van der Waals surface area contributed by atoms with Gasteiger partial charge in [-0.25, -0.2) is 4.39 Å². The number of nitro groups is 2. The van der Waals surface area contributed by atoms with Crippen LogP contribution in [0.5, 0.6) is 0 Å². The van der Waals surface area contributed by atoms with Gasteiger partial charge in [0.25, 0.3) is 17.3 Å². The highest BCUT2D eigenvalue weighted by molar-refractivity contribution is 5.97. The molecule has 4 rings (SSSR count). The number of hydrogen-bond acceptors (Lipinski definition) is 9. The Balaban J connectivity index is 1.61. The van der Waals surface area contributed by atoms with Crippen LogP contribution >= 0.6 is 0 Å². The van der Waals surface area contributed by atoms with E-state index in [0.29, 0.717) is 44.2 Å². The minimum atomic E-state index is -0.819. The van der Waals surface area contributed by atoms with Crippen molar-refractivity contribution >= 4 is 23.2 Å². The van der Waals surface area contributed by atoms with Crippen molar-refractivity contribution in [3.63, 3.8) is 0 Å². The highest BCUT2D eigenvalue weighted by atomic mass is 19.1. The summed E-state index contributed by atoms with van der Waals surface area (Å²) in [6, 6.07) is 11.7. The van der Waals surface area contributed by atoms with Crippen LogP contribution < -0.4 is 0 Å². The number of benzene rings is 2. The Hall–Kier alpha value is -4.69. The summed E-state index contributed by atoms with van der Waals surface area (Å²) in [5, 5.41) is 22.8. The summed E-state index contributed by atoms with van der Waals surface area (Å²) in [7, 11) is 0. The number of carbonyl (C=O) groups is 2. The third kappa shape index (κ3) is 8.16. The van der Waals surface area contributed by atoms with Crippen molar-refractivity contribution in [3.8, 4) is 0 Å². The molecule has 1 saturated heterocycles. The van der Waals surface area contributed by atoms with Gasteiger partial charge >= 0.3 is 0 Å². The first kappa shape index (κ1) is 29.3. The average Bonchev–Trinajstić information content (AvgIpc) is 3.49. The summed E-state index contributed by atoms with van der Waals surface area (Å²) < 4.78 is 24.2. The summed E-state index contributed by atoms with van der Waals surface area (Å²) in [6.07, 6.45) is 1.46. The van der Waals surface area contributed by atoms with Gasteiger partial charge in [-0.15, -0.1) is 0 Å². The molecule has 1 fully saturated rings. The highest BCUT2D eigenvalue weighted by Gasteiger charge is 2.27. The molecule has 0 aliphatic carbocycles. The van der Waals surface area contributed by atoms with Crippen LogP contribution in [0.4, 0.5) is 15.8 Å². The molecular formula is C27H28FN5O8. The summed E-state index contributed by atoms with van der Waals surface area (Å²) in [5.74, 6) is -1.18. The normalized spacial score (nSPS) is 13.5. The smallest absolute Gasteiger partial charge is 0.277 e. The van der Waals surface area contributed by atoms with Gasteiger partial charge in [0, 0.05) is 44.9 Å². The van der Waals surface area contributed by atoms with Crippen molar-refractivity contribution in [2.45, 2.75) is 13.1 Å². The predicted molar refractivity (Wildman–Crippen MR) is 142 cm³/mol. The third-order valence-electron chi connectivity index (χ3n) is 6.54. The van der Waals surface area contributed by atoms with Gasteiger partial charge in [0.05, 0.1) is 47.5 Å². The molecule has 1 aromatic heterocycles. The van der Waals surface area contributed by atoms with E-state index in [1.807, 2.05) is 4.90 Å². The maximum absolute atomic E-state index is 13.7. The molecule has 1 aliphatic heterocycles. The lowest BCUT2D eigenvalue weighted by Gasteiger charge is -2.31. The zero-order valence-corrected chi connectivity index (χ0v) is 22.0. The molecule has 1 aliphatic rings. The molecule has 0 bridgehead atoms. The van der Waals surface area contributed by atoms with Crippen molar-refractivity contribution in [2.24, 2.45) is 0 Å². The molecule has 0 N–H and O–H groups in total. The molecule has 2 heterocycles. The number of rotatable bonds is 12. The maximum atomic E-state index is 13.7. The van der Waals surface area contributed by atoms with Crippen molar-refractivity contribution < 1.29 is 33.0 Å². The van der Waals surface area contributed by atoms with Gasteiger partial charge in [-0.3, -0.25) is 34.7 Å². The van der Waals surface area contributed by atoms with Gasteiger partial charge in [0.1, 0.15) is 18.1 Å². The van der Waals surface area contributed by atoms with Crippen molar-refractivity contribution in [3.05, 3.63) is 104 Å². The molecule has 0 unspecified atom stereocenters. The van der Waals surface area contributed by atoms with Gasteiger partial charge in [0.15, 0.2) is 0 Å². The van der Waals surface area contributed by atoms with Gasteiger partial charge in [-0.1, -0.05) is 12.1 Å². The quantitative estimate of drug-likeness (QED) is 0.236. The molecule has 0 radical (unpaired) electrons. The molecule has 14 heteroatoms. The fourth-order valence-electron chi connectivity index (χ4n) is 4.35. The second-order valence-corrected chi connectivity index (χ2v) is 9.39. The number of ether oxygens (including phenoxy) is 1. The Labute approximate surface area is 234 Å². The predicted octanol–water partition coefficient (Wildman–Crippen LogP) is 3.24. The summed E-state index contributed by atoms with van der Waals surface area (Å²) in [4.78, 5) is 53.2. The fourth-order valence-corrected chi connectivity index (χ4v) is 4.35. The SMILES string of the molecule is O=C(CN(CCN1CCOCC1)C(=O)c1cc([N+](=O)[O-])cc([N+](=O)[O-])c1)N(Cc1ccc(F)cc1)Cc1ccco1. The number of furan rings is 1. The summed E-state index contributed by atoms with van der Waals surface area (Å²) in [5.41, 5.74) is -0.862. The standard InChI is InChI=1S/C27H28FN5O8/c28-22-5-3-20(4-6-22)17-31(18-25-2-1-11-41-25)26(34)19-30(8-7-29-9-12-40-13-10-29)27(35)21-14-23(32(36)37)16-24(15-21)33(38)39/h1-6,11,14-16H,7-10,12-13,17-19H2. The number of nitro benzene ring substituents is 2. The van der Waals surface area contributed by atoms with Gasteiger partial charge in [-0.05, 0) is 29.8 Å².